The number of aliphatic hydroxyl groups excluding tert-OH is 1. The van der Waals surface area contributed by atoms with Crippen molar-refractivity contribution in [3.63, 3.8) is 0 Å². The minimum atomic E-state index is -0.996. The van der Waals surface area contributed by atoms with E-state index in [1.54, 1.807) is 30.0 Å². The van der Waals surface area contributed by atoms with Gasteiger partial charge in [0.05, 0.1) is 24.8 Å². The van der Waals surface area contributed by atoms with Crippen LogP contribution in [0.4, 0.5) is 5.69 Å². The van der Waals surface area contributed by atoms with E-state index in [1.807, 2.05) is 50.2 Å². The van der Waals surface area contributed by atoms with Gasteiger partial charge in [0, 0.05) is 48.8 Å². The van der Waals surface area contributed by atoms with Crippen LogP contribution in [0.25, 0.3) is 0 Å². The number of hydrogen-bond donors (Lipinski definition) is 3. The Bertz CT molecular complexity index is 1730. The van der Waals surface area contributed by atoms with Crippen molar-refractivity contribution in [1.29, 1.82) is 0 Å². The number of Topliss-reactive ketones (excluding diaryl/α,β-unsaturated/α-hetero) is 1. The van der Waals surface area contributed by atoms with Crippen LogP contribution >= 0.6 is 0 Å². The van der Waals surface area contributed by atoms with E-state index in [0.29, 0.717) is 43.5 Å². The van der Waals surface area contributed by atoms with Crippen molar-refractivity contribution >= 4 is 23.3 Å². The summed E-state index contributed by atoms with van der Waals surface area (Å²) in [5, 5.41) is 18.2. The van der Waals surface area contributed by atoms with Crippen molar-refractivity contribution in [2.75, 3.05) is 25.1 Å². The predicted molar refractivity (Wildman–Crippen MR) is 184 cm³/mol. The zero-order valence-electron chi connectivity index (χ0n) is 28.0. The molecule has 3 N–H and O–H groups in total. The number of anilines is 1. The molecule has 10 nitrogen and oxygen atoms in total. The molecule has 10 heteroatoms. The zero-order valence-corrected chi connectivity index (χ0v) is 28.0. The number of nitrogens with one attached hydrogen (secondary N) is 2. The first kappa shape index (κ1) is 33.6. The summed E-state index contributed by atoms with van der Waals surface area (Å²) in [6.07, 6.45) is 6.28. The van der Waals surface area contributed by atoms with Crippen molar-refractivity contribution in [3.05, 3.63) is 93.4 Å². The van der Waals surface area contributed by atoms with Gasteiger partial charge in [-0.15, -0.1) is 0 Å². The molecule has 2 amide bonds. The number of hydrogen-bond acceptors (Lipinski definition) is 7. The number of aliphatic hydroxyl groups is 1. The van der Waals surface area contributed by atoms with Gasteiger partial charge in [-0.1, -0.05) is 57.0 Å². The summed E-state index contributed by atoms with van der Waals surface area (Å²) in [5.41, 5.74) is 2.08. The zero-order chi connectivity index (χ0) is 34.0. The third kappa shape index (κ3) is 6.96. The van der Waals surface area contributed by atoms with E-state index < -0.39 is 23.5 Å². The second kappa shape index (κ2) is 14.1. The first-order valence-electron chi connectivity index (χ1n) is 17.1. The highest BCUT2D eigenvalue weighted by atomic mass is 16.5. The van der Waals surface area contributed by atoms with E-state index >= 15 is 0 Å². The van der Waals surface area contributed by atoms with E-state index in [2.05, 4.69) is 10.6 Å². The molecule has 0 unspecified atom stereocenters. The van der Waals surface area contributed by atoms with E-state index in [1.165, 1.54) is 11.0 Å². The Labute approximate surface area is 281 Å². The first-order valence-corrected chi connectivity index (χ1v) is 17.1. The molecular formula is C38H46N4O6. The van der Waals surface area contributed by atoms with Crippen molar-refractivity contribution in [3.8, 4) is 5.75 Å². The van der Waals surface area contributed by atoms with Gasteiger partial charge in [-0.25, -0.2) is 0 Å². The Morgan fingerprint density at radius 3 is 2.48 bits per heavy atom. The number of fused-ring (bicyclic) bond motifs is 1. The number of ether oxygens (including phenoxy) is 1. The highest BCUT2D eigenvalue weighted by molar-refractivity contribution is 6.03. The molecular weight excluding hydrogens is 608 g/mol. The highest BCUT2D eigenvalue weighted by Gasteiger charge is 2.40. The van der Waals surface area contributed by atoms with Gasteiger partial charge in [0.25, 0.3) is 11.5 Å². The topological polar surface area (TPSA) is 130 Å². The lowest BCUT2D eigenvalue weighted by Crippen LogP contribution is -2.50. The normalized spacial score (nSPS) is 20.4. The maximum absolute atomic E-state index is 14.0. The quantitative estimate of drug-likeness (QED) is 0.272. The molecule has 0 bridgehead atoms. The van der Waals surface area contributed by atoms with Crippen molar-refractivity contribution in [1.82, 2.24) is 15.2 Å². The molecule has 0 radical (unpaired) electrons. The van der Waals surface area contributed by atoms with Gasteiger partial charge in [-0.05, 0) is 67.5 Å². The number of ketones is 1. The van der Waals surface area contributed by atoms with E-state index in [4.69, 9.17) is 4.74 Å². The molecule has 1 aromatic heterocycles. The lowest BCUT2D eigenvalue weighted by atomic mass is 9.71. The molecule has 2 aromatic carbocycles. The molecule has 1 saturated heterocycles. The molecule has 3 aromatic rings. The summed E-state index contributed by atoms with van der Waals surface area (Å²) < 4.78 is 7.09. The van der Waals surface area contributed by atoms with Gasteiger partial charge in [0.15, 0.2) is 5.78 Å². The number of rotatable bonds is 11. The number of carbonyl (C=O) groups is 3. The maximum Gasteiger partial charge on any atom is 0.274 e. The van der Waals surface area contributed by atoms with Crippen LogP contribution in [0.15, 0.2) is 65.6 Å². The third-order valence-corrected chi connectivity index (χ3v) is 10.2. The van der Waals surface area contributed by atoms with Gasteiger partial charge >= 0.3 is 0 Å². The monoisotopic (exact) mass is 654 g/mol. The Balaban J connectivity index is 1.27. The molecule has 0 spiro atoms. The Kier molecular flexibility index (Phi) is 9.85. The highest BCUT2D eigenvalue weighted by Crippen LogP contribution is 2.42. The molecule has 2 heterocycles. The molecule has 6 rings (SSSR count). The number of aromatic nitrogens is 1. The third-order valence-electron chi connectivity index (χ3n) is 10.2. The fourth-order valence-electron chi connectivity index (χ4n) is 7.49. The van der Waals surface area contributed by atoms with Crippen LogP contribution in [0, 0.1) is 5.41 Å². The standard InChI is InChI=1S/C38H46N4O6/c1-38(2)21-31(29-20-27(48-3)15-16-28(29)35(38)45)39-22-33(43)30(18-24-10-5-4-6-11-24)40-36(46)25-19-32(41-17-9-14-34(41)44)37(47)42(23-25)26-12-7-8-13-26/h4-6,10-11,15-16,19-20,23,26,30-31,33,39,43H,7-9,12-14,17-18,21-22H2,1-3H3,(H,40,46)/t30-,31+,33+/m0/s1. The average Bonchev–Trinajstić information content (AvgIpc) is 3.78. The van der Waals surface area contributed by atoms with E-state index in [9.17, 15) is 24.3 Å². The lowest BCUT2D eigenvalue weighted by molar-refractivity contribution is -0.117. The predicted octanol–water partition coefficient (Wildman–Crippen LogP) is 4.74. The summed E-state index contributed by atoms with van der Waals surface area (Å²) in [7, 11) is 1.59. The van der Waals surface area contributed by atoms with Gasteiger partial charge < -0.3 is 29.9 Å². The molecule has 3 atom stereocenters. The summed E-state index contributed by atoms with van der Waals surface area (Å²) in [6.45, 7) is 4.46. The number of pyridine rings is 1. The van der Waals surface area contributed by atoms with E-state index in [-0.39, 0.29) is 47.1 Å². The largest absolute Gasteiger partial charge is 0.497 e. The van der Waals surface area contributed by atoms with Gasteiger partial charge in [-0.2, -0.15) is 0 Å². The fraction of sp³-hybridized carbons (Fsp3) is 0.474. The fourth-order valence-corrected chi connectivity index (χ4v) is 7.49. The Morgan fingerprint density at radius 1 is 1.04 bits per heavy atom. The minimum absolute atomic E-state index is 0.0234. The van der Waals surface area contributed by atoms with Crippen LogP contribution in [-0.4, -0.2) is 59.6 Å². The van der Waals surface area contributed by atoms with Crippen LogP contribution < -0.4 is 25.8 Å². The van der Waals surface area contributed by atoms with Crippen LogP contribution in [-0.2, 0) is 11.2 Å². The second-order valence-corrected chi connectivity index (χ2v) is 14.1. The summed E-state index contributed by atoms with van der Waals surface area (Å²) in [5.74, 6) is 0.186. The summed E-state index contributed by atoms with van der Waals surface area (Å²) in [6, 6.07) is 15.7. The molecule has 1 aliphatic heterocycles. The van der Waals surface area contributed by atoms with Crippen LogP contribution in [0.3, 0.4) is 0 Å². The molecule has 1 saturated carbocycles. The van der Waals surface area contributed by atoms with Gasteiger partial charge in [-0.3, -0.25) is 19.2 Å². The number of benzene rings is 2. The van der Waals surface area contributed by atoms with Crippen molar-refractivity contribution < 1.29 is 24.2 Å². The van der Waals surface area contributed by atoms with Crippen LogP contribution in [0.1, 0.15) is 103 Å². The van der Waals surface area contributed by atoms with Crippen LogP contribution in [0.2, 0.25) is 0 Å². The second-order valence-electron chi connectivity index (χ2n) is 14.1. The molecule has 48 heavy (non-hydrogen) atoms. The number of amides is 2. The smallest absolute Gasteiger partial charge is 0.274 e. The van der Waals surface area contributed by atoms with Gasteiger partial charge in [0.1, 0.15) is 11.4 Å². The van der Waals surface area contributed by atoms with Crippen molar-refractivity contribution in [2.45, 2.75) is 89.4 Å². The SMILES string of the molecule is COc1ccc2c(c1)[C@H](NC[C@@H](O)[C@H](Cc1ccccc1)NC(=O)c1cc(N3CCCC3=O)c(=O)n(C3CCCC3)c1)CC(C)(C)C2=O. The van der Waals surface area contributed by atoms with Gasteiger partial charge in [0.2, 0.25) is 5.91 Å². The minimum Gasteiger partial charge on any atom is -0.497 e. The lowest BCUT2D eigenvalue weighted by Gasteiger charge is -2.37. The summed E-state index contributed by atoms with van der Waals surface area (Å²) in [4.78, 5) is 55.1. The number of methoxy groups -OCH3 is 1. The molecule has 2 aliphatic carbocycles. The maximum atomic E-state index is 14.0. The average molecular weight is 655 g/mol. The van der Waals surface area contributed by atoms with Crippen molar-refractivity contribution in [2.24, 2.45) is 5.41 Å². The van der Waals surface area contributed by atoms with E-state index in [0.717, 1.165) is 36.8 Å². The number of nitrogens with zero attached hydrogens (tertiary/aromatic N) is 2. The molecule has 254 valence electrons. The first-order chi connectivity index (χ1) is 23.1. The molecule has 2 fully saturated rings. The molecule has 3 aliphatic rings. The summed E-state index contributed by atoms with van der Waals surface area (Å²) >= 11 is 0. The Morgan fingerprint density at radius 2 is 1.79 bits per heavy atom. The van der Waals surface area contributed by atoms with Crippen LogP contribution in [0.5, 0.6) is 5.75 Å². The Hall–Kier alpha value is -4.28. The number of carbonyl (C=O) groups excluding carboxylic acids is 3.